The van der Waals surface area contributed by atoms with Gasteiger partial charge in [-0.3, -0.25) is 9.78 Å². The van der Waals surface area contributed by atoms with E-state index >= 15 is 0 Å². The van der Waals surface area contributed by atoms with E-state index in [-0.39, 0.29) is 12.5 Å². The minimum absolute atomic E-state index is 0.110. The second-order valence-corrected chi connectivity index (χ2v) is 7.32. The number of halogens is 1. The lowest BCUT2D eigenvalue weighted by atomic mass is 10.1. The average Bonchev–Trinajstić information content (AvgIpc) is 3.42. The molecule has 0 amide bonds. The molecular formula is C21H21FN6O2. The molecule has 0 aliphatic heterocycles. The molecule has 1 atom stereocenters. The number of aliphatic hydroxyl groups excluding tert-OH is 1. The largest absolute Gasteiger partial charge is 0.436 e. The molecule has 0 spiro atoms. The van der Waals surface area contributed by atoms with Crippen LogP contribution in [0.5, 0.6) is 11.6 Å². The highest BCUT2D eigenvalue weighted by molar-refractivity contribution is 5.60. The lowest BCUT2D eigenvalue weighted by molar-refractivity contribution is 0.188. The van der Waals surface area contributed by atoms with E-state index in [0.29, 0.717) is 23.6 Å². The first-order valence-corrected chi connectivity index (χ1v) is 9.30. The molecule has 8 nitrogen and oxygen atoms in total. The summed E-state index contributed by atoms with van der Waals surface area (Å²) in [5, 5.41) is 20.4. The molecule has 4 rings (SSSR count). The number of rotatable bonds is 7. The number of nitrogens with two attached hydrogens (primary N) is 1. The number of pyridine rings is 1. The van der Waals surface area contributed by atoms with Crippen LogP contribution in [0, 0.1) is 5.82 Å². The van der Waals surface area contributed by atoms with E-state index in [1.807, 2.05) is 18.2 Å². The van der Waals surface area contributed by atoms with Crippen LogP contribution in [0.3, 0.4) is 0 Å². The second-order valence-electron chi connectivity index (χ2n) is 7.32. The lowest BCUT2D eigenvalue weighted by Crippen LogP contribution is -2.44. The minimum Gasteiger partial charge on any atom is -0.436 e. The molecule has 3 aromatic heterocycles. The SMILES string of the molecule is CC(N)(CO)Cn1ccc(-c2ccc(Oc3ncc(-c4ccn[nH]4)cc3F)cc2)n1. The van der Waals surface area contributed by atoms with Crippen molar-refractivity contribution in [1.29, 1.82) is 0 Å². The molecule has 3 heterocycles. The summed E-state index contributed by atoms with van der Waals surface area (Å²) < 4.78 is 21.6. The molecule has 0 radical (unpaired) electrons. The number of nitrogens with zero attached hydrogens (tertiary/aromatic N) is 4. The van der Waals surface area contributed by atoms with E-state index < -0.39 is 11.4 Å². The highest BCUT2D eigenvalue weighted by Gasteiger charge is 2.18. The Labute approximate surface area is 172 Å². The molecule has 0 aliphatic carbocycles. The summed E-state index contributed by atoms with van der Waals surface area (Å²) in [6.45, 7) is 2.01. The fourth-order valence-corrected chi connectivity index (χ4v) is 2.89. The van der Waals surface area contributed by atoms with Crippen molar-refractivity contribution in [3.05, 3.63) is 66.9 Å². The Morgan fingerprint density at radius 2 is 2.00 bits per heavy atom. The van der Waals surface area contributed by atoms with Gasteiger partial charge < -0.3 is 15.6 Å². The van der Waals surface area contributed by atoms with E-state index in [0.717, 1.165) is 11.3 Å². The van der Waals surface area contributed by atoms with Crippen molar-refractivity contribution < 1.29 is 14.2 Å². The number of hydrogen-bond acceptors (Lipinski definition) is 6. The quantitative estimate of drug-likeness (QED) is 0.433. The Kier molecular flexibility index (Phi) is 5.30. The topological polar surface area (TPSA) is 115 Å². The Hall–Kier alpha value is -3.56. The highest BCUT2D eigenvalue weighted by atomic mass is 19.1. The maximum atomic E-state index is 14.4. The van der Waals surface area contributed by atoms with Crippen LogP contribution in [0.2, 0.25) is 0 Å². The van der Waals surface area contributed by atoms with Crippen molar-refractivity contribution in [2.45, 2.75) is 19.0 Å². The van der Waals surface area contributed by atoms with Crippen molar-refractivity contribution >= 4 is 0 Å². The van der Waals surface area contributed by atoms with Crippen LogP contribution in [0.1, 0.15) is 6.92 Å². The Morgan fingerprint density at radius 1 is 1.20 bits per heavy atom. The van der Waals surface area contributed by atoms with E-state index in [4.69, 9.17) is 10.5 Å². The van der Waals surface area contributed by atoms with Crippen molar-refractivity contribution in [3.8, 4) is 34.1 Å². The summed E-state index contributed by atoms with van der Waals surface area (Å²) in [6, 6.07) is 12.0. The van der Waals surface area contributed by atoms with Gasteiger partial charge in [-0.2, -0.15) is 10.2 Å². The lowest BCUT2D eigenvalue weighted by Gasteiger charge is -2.21. The Balaban J connectivity index is 1.46. The normalized spacial score (nSPS) is 13.2. The van der Waals surface area contributed by atoms with Gasteiger partial charge in [0.05, 0.1) is 30.1 Å². The predicted molar refractivity (Wildman–Crippen MR) is 109 cm³/mol. The molecule has 0 fully saturated rings. The molecule has 0 aliphatic rings. The summed E-state index contributed by atoms with van der Waals surface area (Å²) >= 11 is 0. The third-order valence-corrected chi connectivity index (χ3v) is 4.51. The first-order chi connectivity index (χ1) is 14.4. The fraction of sp³-hybridized carbons (Fsp3) is 0.190. The monoisotopic (exact) mass is 408 g/mol. The standard InChI is InChI=1S/C21H21FN6O2/c1-21(23,13-29)12-28-9-7-19(27-28)14-2-4-16(5-3-14)30-20-17(22)10-15(11-24-20)18-6-8-25-26-18/h2-11,29H,12-13,23H2,1H3,(H,25,26). The van der Waals surface area contributed by atoms with Gasteiger partial charge in [-0.1, -0.05) is 0 Å². The summed E-state index contributed by atoms with van der Waals surface area (Å²) in [5.41, 5.74) is 8.10. The number of aromatic nitrogens is 5. The van der Waals surface area contributed by atoms with Crippen LogP contribution in [0.25, 0.3) is 22.5 Å². The van der Waals surface area contributed by atoms with E-state index in [1.54, 1.807) is 42.2 Å². The van der Waals surface area contributed by atoms with E-state index in [9.17, 15) is 9.50 Å². The third kappa shape index (κ3) is 4.37. The van der Waals surface area contributed by atoms with Gasteiger partial charge in [0.25, 0.3) is 5.88 Å². The summed E-state index contributed by atoms with van der Waals surface area (Å²) in [5.74, 6) is -0.228. The van der Waals surface area contributed by atoms with Crippen LogP contribution in [0.4, 0.5) is 4.39 Å². The zero-order chi connectivity index (χ0) is 21.1. The van der Waals surface area contributed by atoms with Crippen molar-refractivity contribution in [3.63, 3.8) is 0 Å². The zero-order valence-corrected chi connectivity index (χ0v) is 16.3. The molecular weight excluding hydrogens is 387 g/mol. The van der Waals surface area contributed by atoms with Gasteiger partial charge in [0, 0.05) is 29.7 Å². The van der Waals surface area contributed by atoms with Crippen LogP contribution in [-0.2, 0) is 6.54 Å². The van der Waals surface area contributed by atoms with E-state index in [2.05, 4.69) is 20.3 Å². The number of nitrogens with one attached hydrogen (secondary N) is 1. The molecule has 0 saturated carbocycles. The maximum absolute atomic E-state index is 14.4. The van der Waals surface area contributed by atoms with Crippen LogP contribution in [-0.4, -0.2) is 42.2 Å². The second kappa shape index (κ2) is 8.05. The van der Waals surface area contributed by atoms with Crippen LogP contribution >= 0.6 is 0 Å². The smallest absolute Gasteiger partial charge is 0.255 e. The Morgan fingerprint density at radius 3 is 2.67 bits per heavy atom. The van der Waals surface area contributed by atoms with Gasteiger partial charge in [-0.25, -0.2) is 9.37 Å². The van der Waals surface area contributed by atoms with Gasteiger partial charge in [0.1, 0.15) is 5.75 Å². The number of ether oxygens (including phenoxy) is 1. The molecule has 9 heteroatoms. The van der Waals surface area contributed by atoms with Gasteiger partial charge in [-0.05, 0) is 49.4 Å². The summed E-state index contributed by atoms with van der Waals surface area (Å²) in [4.78, 5) is 4.06. The first kappa shape index (κ1) is 19.7. The average molecular weight is 408 g/mol. The van der Waals surface area contributed by atoms with Crippen molar-refractivity contribution in [2.24, 2.45) is 5.73 Å². The van der Waals surface area contributed by atoms with Gasteiger partial charge >= 0.3 is 0 Å². The fourth-order valence-electron chi connectivity index (χ4n) is 2.89. The zero-order valence-electron chi connectivity index (χ0n) is 16.3. The van der Waals surface area contributed by atoms with Gasteiger partial charge in [0.15, 0.2) is 5.82 Å². The number of H-pyrrole nitrogens is 1. The number of aromatic amines is 1. The van der Waals surface area contributed by atoms with Crippen LogP contribution < -0.4 is 10.5 Å². The first-order valence-electron chi connectivity index (χ1n) is 9.30. The molecule has 154 valence electrons. The summed E-state index contributed by atoms with van der Waals surface area (Å²) in [7, 11) is 0. The molecule has 1 aromatic carbocycles. The Bertz CT molecular complexity index is 1120. The van der Waals surface area contributed by atoms with E-state index in [1.165, 1.54) is 12.3 Å². The number of hydrogen-bond donors (Lipinski definition) is 3. The predicted octanol–water partition coefficient (Wildman–Crippen LogP) is 2.98. The van der Waals surface area contributed by atoms with Gasteiger partial charge in [-0.15, -0.1) is 0 Å². The molecule has 0 saturated heterocycles. The number of aliphatic hydroxyl groups is 1. The van der Waals surface area contributed by atoms with Gasteiger partial charge in [0.2, 0.25) is 0 Å². The molecule has 30 heavy (non-hydrogen) atoms. The molecule has 1 unspecified atom stereocenters. The van der Waals surface area contributed by atoms with Crippen molar-refractivity contribution in [2.75, 3.05) is 6.61 Å². The molecule has 4 N–H and O–H groups in total. The maximum Gasteiger partial charge on any atom is 0.255 e. The molecule has 0 bridgehead atoms. The van der Waals surface area contributed by atoms with Crippen molar-refractivity contribution in [1.82, 2.24) is 25.0 Å². The minimum atomic E-state index is -0.745. The highest BCUT2D eigenvalue weighted by Crippen LogP contribution is 2.27. The third-order valence-electron chi connectivity index (χ3n) is 4.51. The number of benzene rings is 1. The van der Waals surface area contributed by atoms with Crippen LogP contribution in [0.15, 0.2) is 61.1 Å². The summed E-state index contributed by atoms with van der Waals surface area (Å²) in [6.07, 6.45) is 4.91. The molecule has 4 aromatic rings.